The van der Waals surface area contributed by atoms with E-state index in [1.165, 1.54) is 11.3 Å². The third-order valence-corrected chi connectivity index (χ3v) is 3.58. The molecule has 1 atom stereocenters. The van der Waals surface area contributed by atoms with Crippen LogP contribution in [0.3, 0.4) is 0 Å². The van der Waals surface area contributed by atoms with Crippen molar-refractivity contribution in [2.45, 2.75) is 45.7 Å². The molecule has 1 N–H and O–H groups in total. The number of fused-ring (bicyclic) bond motifs is 1. The van der Waals surface area contributed by atoms with Crippen molar-refractivity contribution in [3.8, 4) is 0 Å². The number of rotatable bonds is 2. The third-order valence-electron chi connectivity index (χ3n) is 3.58. The molecule has 0 bridgehead atoms. The number of hydrogen-bond donors (Lipinski definition) is 1. The molecule has 0 radical (unpaired) electrons. The fraction of sp³-hybridized carbons (Fsp3) is 0.412. The average Bonchev–Trinajstić information content (AvgIpc) is 2.72. The number of anilines is 3. The summed E-state index contributed by atoms with van der Waals surface area (Å²) in [5.74, 6) is 1.63. The van der Waals surface area contributed by atoms with Crippen molar-refractivity contribution in [1.82, 2.24) is 9.97 Å². The van der Waals surface area contributed by atoms with Gasteiger partial charge in [0, 0.05) is 23.5 Å². The van der Waals surface area contributed by atoms with E-state index in [1.54, 1.807) is 0 Å². The summed E-state index contributed by atoms with van der Waals surface area (Å²) in [5.41, 5.74) is 2.59. The minimum absolute atomic E-state index is 0.0485. The Bertz CT molecular complexity index is 645. The molecule has 0 saturated carbocycles. The minimum Gasteiger partial charge on any atom is -0.350 e. The highest BCUT2D eigenvalue weighted by Gasteiger charge is 2.28. The maximum absolute atomic E-state index is 4.69. The Hall–Kier alpha value is -2.10. The van der Waals surface area contributed by atoms with E-state index in [9.17, 15) is 0 Å². The Labute approximate surface area is 126 Å². The number of nitrogens with one attached hydrogen (secondary N) is 1. The Morgan fingerprint density at radius 3 is 2.71 bits per heavy atom. The standard InChI is InChI=1S/C17H22N4/c1-12-11-13-7-5-6-8-14(13)21(12)15-9-10-18-16(19-15)20-17(2,3)4/h5-10,12H,11H2,1-4H3,(H,18,19,20). The molecule has 21 heavy (non-hydrogen) atoms. The molecule has 4 nitrogen and oxygen atoms in total. The summed E-state index contributed by atoms with van der Waals surface area (Å²) in [5, 5.41) is 3.33. The van der Waals surface area contributed by atoms with Crippen molar-refractivity contribution in [2.24, 2.45) is 0 Å². The van der Waals surface area contributed by atoms with Gasteiger partial charge >= 0.3 is 0 Å². The lowest BCUT2D eigenvalue weighted by Crippen LogP contribution is -2.29. The Kier molecular flexibility index (Phi) is 3.32. The van der Waals surface area contributed by atoms with Crippen LogP contribution in [-0.4, -0.2) is 21.5 Å². The molecule has 0 amide bonds. The zero-order valence-electron chi connectivity index (χ0n) is 13.1. The summed E-state index contributed by atoms with van der Waals surface area (Å²) < 4.78 is 0. The second-order valence-electron chi connectivity index (χ2n) is 6.67. The highest BCUT2D eigenvalue weighted by molar-refractivity contribution is 5.69. The van der Waals surface area contributed by atoms with Crippen molar-refractivity contribution < 1.29 is 0 Å². The van der Waals surface area contributed by atoms with Crippen LogP contribution in [-0.2, 0) is 6.42 Å². The number of benzene rings is 1. The first kappa shape index (κ1) is 13.9. The van der Waals surface area contributed by atoms with Gasteiger partial charge in [-0.15, -0.1) is 0 Å². The minimum atomic E-state index is -0.0485. The van der Waals surface area contributed by atoms with Crippen LogP contribution >= 0.6 is 0 Å². The molecule has 3 rings (SSSR count). The van der Waals surface area contributed by atoms with Crippen LogP contribution in [0.2, 0.25) is 0 Å². The summed E-state index contributed by atoms with van der Waals surface area (Å²) in [6.07, 6.45) is 2.88. The van der Waals surface area contributed by atoms with Gasteiger partial charge in [0.15, 0.2) is 0 Å². The van der Waals surface area contributed by atoms with Crippen LogP contribution in [0, 0.1) is 0 Å². The van der Waals surface area contributed by atoms with E-state index < -0.39 is 0 Å². The van der Waals surface area contributed by atoms with E-state index in [0.717, 1.165) is 12.2 Å². The Morgan fingerprint density at radius 1 is 1.19 bits per heavy atom. The molecule has 0 aliphatic carbocycles. The SMILES string of the molecule is CC1Cc2ccccc2N1c1ccnc(NC(C)(C)C)n1. The van der Waals surface area contributed by atoms with Crippen molar-refractivity contribution in [3.63, 3.8) is 0 Å². The van der Waals surface area contributed by atoms with Gasteiger partial charge in [-0.1, -0.05) is 18.2 Å². The van der Waals surface area contributed by atoms with Crippen molar-refractivity contribution in [1.29, 1.82) is 0 Å². The van der Waals surface area contributed by atoms with Gasteiger partial charge < -0.3 is 10.2 Å². The predicted molar refractivity (Wildman–Crippen MR) is 87.2 cm³/mol. The van der Waals surface area contributed by atoms with E-state index in [0.29, 0.717) is 12.0 Å². The second-order valence-corrected chi connectivity index (χ2v) is 6.67. The predicted octanol–water partition coefficient (Wildman–Crippen LogP) is 3.77. The van der Waals surface area contributed by atoms with Crippen molar-refractivity contribution in [3.05, 3.63) is 42.1 Å². The molecular formula is C17H22N4. The van der Waals surface area contributed by atoms with E-state index in [-0.39, 0.29) is 5.54 Å². The quantitative estimate of drug-likeness (QED) is 0.910. The fourth-order valence-electron chi connectivity index (χ4n) is 2.79. The van der Waals surface area contributed by atoms with Gasteiger partial charge in [-0.05, 0) is 51.8 Å². The maximum atomic E-state index is 4.69. The first-order valence-corrected chi connectivity index (χ1v) is 7.42. The summed E-state index contributed by atoms with van der Waals surface area (Å²) in [4.78, 5) is 11.3. The zero-order valence-corrected chi connectivity index (χ0v) is 13.1. The van der Waals surface area contributed by atoms with Crippen LogP contribution < -0.4 is 10.2 Å². The van der Waals surface area contributed by atoms with E-state index >= 15 is 0 Å². The molecule has 110 valence electrons. The van der Waals surface area contributed by atoms with Crippen LogP contribution in [0.25, 0.3) is 0 Å². The molecule has 0 saturated heterocycles. The average molecular weight is 282 g/mol. The van der Waals surface area contributed by atoms with E-state index in [1.807, 2.05) is 12.3 Å². The van der Waals surface area contributed by atoms with Crippen LogP contribution in [0.5, 0.6) is 0 Å². The molecule has 0 fully saturated rings. The summed E-state index contributed by atoms with van der Waals surface area (Å²) in [6.45, 7) is 8.56. The Balaban J connectivity index is 1.96. The summed E-state index contributed by atoms with van der Waals surface area (Å²) in [6, 6.07) is 10.9. The molecular weight excluding hydrogens is 260 g/mol. The van der Waals surface area contributed by atoms with Crippen LogP contribution in [0.1, 0.15) is 33.3 Å². The molecule has 1 unspecified atom stereocenters. The lowest BCUT2D eigenvalue weighted by molar-refractivity contribution is 0.625. The smallest absolute Gasteiger partial charge is 0.225 e. The van der Waals surface area contributed by atoms with Gasteiger partial charge in [-0.25, -0.2) is 4.98 Å². The highest BCUT2D eigenvalue weighted by atomic mass is 15.3. The lowest BCUT2D eigenvalue weighted by Gasteiger charge is -2.25. The van der Waals surface area contributed by atoms with Gasteiger partial charge in [-0.2, -0.15) is 4.98 Å². The first-order chi connectivity index (χ1) is 9.94. The molecule has 1 aliphatic heterocycles. The van der Waals surface area contributed by atoms with E-state index in [2.05, 4.69) is 67.2 Å². The van der Waals surface area contributed by atoms with Gasteiger partial charge in [0.25, 0.3) is 0 Å². The normalized spacial score (nSPS) is 17.7. The second kappa shape index (κ2) is 5.02. The fourth-order valence-corrected chi connectivity index (χ4v) is 2.79. The zero-order chi connectivity index (χ0) is 15.0. The number of hydrogen-bond acceptors (Lipinski definition) is 4. The molecule has 4 heteroatoms. The maximum Gasteiger partial charge on any atom is 0.225 e. The van der Waals surface area contributed by atoms with Gasteiger partial charge in [-0.3, -0.25) is 0 Å². The lowest BCUT2D eigenvalue weighted by atomic mass is 10.1. The molecule has 0 spiro atoms. The molecule has 1 aromatic heterocycles. The largest absolute Gasteiger partial charge is 0.350 e. The summed E-state index contributed by atoms with van der Waals surface area (Å²) >= 11 is 0. The van der Waals surface area contributed by atoms with Gasteiger partial charge in [0.1, 0.15) is 5.82 Å². The molecule has 1 aliphatic rings. The van der Waals surface area contributed by atoms with Gasteiger partial charge in [0.2, 0.25) is 5.95 Å². The monoisotopic (exact) mass is 282 g/mol. The summed E-state index contributed by atoms with van der Waals surface area (Å²) in [7, 11) is 0. The molecule has 1 aromatic carbocycles. The number of para-hydroxylation sites is 1. The van der Waals surface area contributed by atoms with Crippen LogP contribution in [0.4, 0.5) is 17.5 Å². The van der Waals surface area contributed by atoms with Gasteiger partial charge in [0.05, 0.1) is 0 Å². The Morgan fingerprint density at radius 2 is 1.95 bits per heavy atom. The highest BCUT2D eigenvalue weighted by Crippen LogP contribution is 2.37. The molecule has 2 aromatic rings. The van der Waals surface area contributed by atoms with Crippen LogP contribution in [0.15, 0.2) is 36.5 Å². The number of aromatic nitrogens is 2. The van der Waals surface area contributed by atoms with Crippen molar-refractivity contribution >= 4 is 17.5 Å². The number of nitrogens with zero attached hydrogens (tertiary/aromatic N) is 3. The topological polar surface area (TPSA) is 41.1 Å². The van der Waals surface area contributed by atoms with E-state index in [4.69, 9.17) is 4.98 Å². The molecule has 2 heterocycles. The third kappa shape index (κ3) is 2.84. The first-order valence-electron chi connectivity index (χ1n) is 7.42. The van der Waals surface area contributed by atoms with Crippen molar-refractivity contribution in [2.75, 3.05) is 10.2 Å².